The molecule has 2 rings (SSSR count). The average molecular weight is 399 g/mol. The van der Waals surface area contributed by atoms with Gasteiger partial charge in [0.25, 0.3) is 0 Å². The minimum absolute atomic E-state index is 0.0643. The maximum absolute atomic E-state index is 14.3. The summed E-state index contributed by atoms with van der Waals surface area (Å²) in [6.45, 7) is 2.62. The van der Waals surface area contributed by atoms with Gasteiger partial charge in [-0.15, -0.1) is 0 Å². The number of rotatable bonds is 5. The second kappa shape index (κ2) is 6.94. The molecule has 3 nitrogen and oxygen atoms in total. The van der Waals surface area contributed by atoms with Crippen LogP contribution in [-0.4, -0.2) is 26.5 Å². The Morgan fingerprint density at radius 2 is 2.24 bits per heavy atom. The molecule has 1 fully saturated rings. The molecule has 0 aliphatic carbocycles. The van der Waals surface area contributed by atoms with E-state index in [0.29, 0.717) is 29.4 Å². The molecule has 7 heteroatoms. The molecule has 2 atom stereocenters. The predicted molar refractivity (Wildman–Crippen MR) is 86.9 cm³/mol. The van der Waals surface area contributed by atoms with Gasteiger partial charge >= 0.3 is 0 Å². The molecule has 0 radical (unpaired) electrons. The van der Waals surface area contributed by atoms with E-state index in [2.05, 4.69) is 21.2 Å². The Morgan fingerprint density at radius 3 is 2.81 bits per heavy atom. The van der Waals surface area contributed by atoms with Crippen LogP contribution < -0.4 is 5.32 Å². The Hall–Kier alpha value is -0.170. The fraction of sp³-hybridized carbons (Fsp3) is 0.571. The first-order chi connectivity index (χ1) is 9.84. The summed E-state index contributed by atoms with van der Waals surface area (Å²) in [7, 11) is -2.92. The van der Waals surface area contributed by atoms with Crippen molar-refractivity contribution >= 4 is 37.4 Å². The van der Waals surface area contributed by atoms with Crippen molar-refractivity contribution in [3.8, 4) is 0 Å². The van der Waals surface area contributed by atoms with Crippen LogP contribution in [0, 0.1) is 11.7 Å². The van der Waals surface area contributed by atoms with E-state index < -0.39 is 15.7 Å². The topological polar surface area (TPSA) is 46.2 Å². The summed E-state index contributed by atoms with van der Waals surface area (Å²) >= 11 is 9.14. The molecule has 21 heavy (non-hydrogen) atoms. The highest BCUT2D eigenvalue weighted by Gasteiger charge is 2.31. The van der Waals surface area contributed by atoms with Crippen molar-refractivity contribution in [2.45, 2.75) is 25.8 Å². The van der Waals surface area contributed by atoms with Gasteiger partial charge < -0.3 is 5.32 Å². The Balaban J connectivity index is 2.21. The van der Waals surface area contributed by atoms with Crippen molar-refractivity contribution in [3.63, 3.8) is 0 Å². The second-order valence-corrected chi connectivity index (χ2v) is 8.84. The molecule has 0 aromatic heterocycles. The molecular formula is C14H18BrClFNO2S. The standard InChI is InChI=1S/C14H18BrClFNO2S/c1-2-18-12(7-9-5-6-21(19,20)8-9)10-3-4-11(15)13(16)14(10)17/h3-4,9,12,18H,2,5-8H2,1H3. The number of hydrogen-bond donors (Lipinski definition) is 1. The number of hydrogen-bond acceptors (Lipinski definition) is 3. The van der Waals surface area contributed by atoms with Crippen LogP contribution in [0.25, 0.3) is 0 Å². The maximum atomic E-state index is 14.3. The third kappa shape index (κ3) is 4.18. The van der Waals surface area contributed by atoms with Crippen molar-refractivity contribution in [3.05, 3.63) is 33.0 Å². The zero-order chi connectivity index (χ0) is 15.6. The Labute approximate surface area is 138 Å². The van der Waals surface area contributed by atoms with E-state index in [4.69, 9.17) is 11.6 Å². The van der Waals surface area contributed by atoms with E-state index in [0.717, 1.165) is 0 Å². The lowest BCUT2D eigenvalue weighted by Gasteiger charge is -2.22. The first kappa shape index (κ1) is 17.2. The van der Waals surface area contributed by atoms with Gasteiger partial charge in [0.1, 0.15) is 5.82 Å². The van der Waals surface area contributed by atoms with Gasteiger partial charge in [-0.2, -0.15) is 0 Å². The van der Waals surface area contributed by atoms with Gasteiger partial charge in [0, 0.05) is 16.1 Å². The summed E-state index contributed by atoms with van der Waals surface area (Å²) in [5.41, 5.74) is 0.495. The van der Waals surface area contributed by atoms with E-state index in [1.165, 1.54) is 0 Å². The van der Waals surface area contributed by atoms with Gasteiger partial charge in [0.15, 0.2) is 9.84 Å². The van der Waals surface area contributed by atoms with E-state index in [9.17, 15) is 12.8 Å². The van der Waals surface area contributed by atoms with Crippen molar-refractivity contribution < 1.29 is 12.8 Å². The van der Waals surface area contributed by atoms with E-state index in [-0.39, 0.29) is 28.5 Å². The van der Waals surface area contributed by atoms with Crippen LogP contribution in [-0.2, 0) is 9.84 Å². The molecule has 1 saturated heterocycles. The molecule has 118 valence electrons. The zero-order valence-corrected chi connectivity index (χ0v) is 14.9. The summed E-state index contributed by atoms with van der Waals surface area (Å²) in [5.74, 6) is 0.0552. The number of halogens is 3. The summed E-state index contributed by atoms with van der Waals surface area (Å²) in [6.07, 6.45) is 1.25. The van der Waals surface area contributed by atoms with Gasteiger partial charge in [0.05, 0.1) is 16.5 Å². The van der Waals surface area contributed by atoms with E-state index in [1.54, 1.807) is 12.1 Å². The van der Waals surface area contributed by atoms with Gasteiger partial charge in [-0.25, -0.2) is 12.8 Å². The molecule has 1 heterocycles. The molecular weight excluding hydrogens is 381 g/mol. The molecule has 0 saturated carbocycles. The normalized spacial score (nSPS) is 22.4. The summed E-state index contributed by atoms with van der Waals surface area (Å²) in [4.78, 5) is 0. The van der Waals surface area contributed by atoms with Crippen LogP contribution in [0.5, 0.6) is 0 Å². The summed E-state index contributed by atoms with van der Waals surface area (Å²) in [6, 6.07) is 3.19. The SMILES string of the molecule is CCNC(CC1CCS(=O)(=O)C1)c1ccc(Br)c(Cl)c1F. The van der Waals surface area contributed by atoms with Crippen LogP contribution in [0.2, 0.25) is 5.02 Å². The predicted octanol–water partition coefficient (Wildman–Crippen LogP) is 3.72. The van der Waals surface area contributed by atoms with E-state index >= 15 is 0 Å². The smallest absolute Gasteiger partial charge is 0.150 e. The fourth-order valence-electron chi connectivity index (χ4n) is 2.77. The van der Waals surface area contributed by atoms with Gasteiger partial charge in [-0.3, -0.25) is 0 Å². The Kier molecular flexibility index (Phi) is 5.68. The second-order valence-electron chi connectivity index (χ2n) is 5.38. The van der Waals surface area contributed by atoms with Crippen LogP contribution in [0.1, 0.15) is 31.4 Å². The lowest BCUT2D eigenvalue weighted by Crippen LogP contribution is -2.25. The lowest BCUT2D eigenvalue weighted by molar-refractivity contribution is 0.409. The minimum atomic E-state index is -2.92. The molecule has 1 aliphatic heterocycles. The van der Waals surface area contributed by atoms with Crippen LogP contribution >= 0.6 is 27.5 Å². The van der Waals surface area contributed by atoms with Crippen molar-refractivity contribution in [1.29, 1.82) is 0 Å². The van der Waals surface area contributed by atoms with Crippen LogP contribution in [0.4, 0.5) is 4.39 Å². The molecule has 0 spiro atoms. The van der Waals surface area contributed by atoms with Gasteiger partial charge in [-0.05, 0) is 47.3 Å². The highest BCUT2D eigenvalue weighted by Crippen LogP contribution is 2.34. The quantitative estimate of drug-likeness (QED) is 0.769. The molecule has 1 aromatic rings. The maximum Gasteiger partial charge on any atom is 0.150 e. The van der Waals surface area contributed by atoms with Crippen molar-refractivity contribution in [2.24, 2.45) is 5.92 Å². The fourth-order valence-corrected chi connectivity index (χ4v) is 5.13. The van der Waals surface area contributed by atoms with Gasteiger partial charge in [-0.1, -0.05) is 24.6 Å². The minimum Gasteiger partial charge on any atom is -0.310 e. The number of nitrogens with one attached hydrogen (secondary N) is 1. The highest BCUT2D eigenvalue weighted by atomic mass is 79.9. The first-order valence-electron chi connectivity index (χ1n) is 6.91. The van der Waals surface area contributed by atoms with E-state index in [1.807, 2.05) is 6.92 Å². The summed E-state index contributed by atoms with van der Waals surface area (Å²) in [5, 5.41) is 3.30. The molecule has 0 amide bonds. The molecule has 0 bridgehead atoms. The molecule has 1 aromatic carbocycles. The monoisotopic (exact) mass is 397 g/mol. The Morgan fingerprint density at radius 1 is 1.52 bits per heavy atom. The third-order valence-corrected chi connectivity index (χ3v) is 6.88. The molecule has 2 unspecified atom stereocenters. The average Bonchev–Trinajstić information content (AvgIpc) is 2.75. The Bertz CT molecular complexity index is 624. The first-order valence-corrected chi connectivity index (χ1v) is 9.90. The largest absolute Gasteiger partial charge is 0.310 e. The van der Waals surface area contributed by atoms with Crippen LogP contribution in [0.3, 0.4) is 0 Å². The zero-order valence-electron chi connectivity index (χ0n) is 11.7. The molecule has 1 aliphatic rings. The number of sulfone groups is 1. The summed E-state index contributed by atoms with van der Waals surface area (Å²) < 4.78 is 38.0. The number of benzene rings is 1. The lowest BCUT2D eigenvalue weighted by atomic mass is 9.94. The highest BCUT2D eigenvalue weighted by molar-refractivity contribution is 9.10. The third-order valence-electron chi connectivity index (χ3n) is 3.79. The van der Waals surface area contributed by atoms with Gasteiger partial charge in [0.2, 0.25) is 0 Å². The van der Waals surface area contributed by atoms with Crippen LogP contribution in [0.15, 0.2) is 16.6 Å². The van der Waals surface area contributed by atoms with Crippen molar-refractivity contribution in [2.75, 3.05) is 18.1 Å². The van der Waals surface area contributed by atoms with Crippen molar-refractivity contribution in [1.82, 2.24) is 5.32 Å². The molecule has 1 N–H and O–H groups in total.